The lowest BCUT2D eigenvalue weighted by molar-refractivity contribution is -0.394. The molecular formula is C17H11ClN2O9. The van der Waals surface area contributed by atoms with E-state index in [4.69, 9.17) is 21.1 Å². The van der Waals surface area contributed by atoms with E-state index in [-0.39, 0.29) is 11.3 Å². The number of carbonyl (C=O) groups excluding carboxylic acids is 3. The molecule has 2 aromatic carbocycles. The van der Waals surface area contributed by atoms with E-state index in [0.717, 1.165) is 6.07 Å². The maximum absolute atomic E-state index is 12.2. The molecule has 11 nitrogen and oxygen atoms in total. The van der Waals surface area contributed by atoms with Gasteiger partial charge in [0.1, 0.15) is 10.8 Å². The number of hydrogen-bond donors (Lipinski definition) is 0. The molecule has 0 amide bonds. The van der Waals surface area contributed by atoms with Crippen LogP contribution in [0.1, 0.15) is 27.6 Å². The van der Waals surface area contributed by atoms with E-state index in [1.165, 1.54) is 31.2 Å². The Balaban J connectivity index is 2.16. The molecule has 0 radical (unpaired) electrons. The van der Waals surface area contributed by atoms with Gasteiger partial charge in [-0.3, -0.25) is 29.8 Å². The number of carbonyl (C=O) groups is 3. The number of rotatable bonds is 7. The number of esters is 2. The molecule has 0 spiro atoms. The summed E-state index contributed by atoms with van der Waals surface area (Å²) in [6, 6.07) is 6.71. The molecule has 0 atom stereocenters. The number of nitrogens with zero attached hydrogens (tertiary/aromatic N) is 2. The molecule has 0 unspecified atom stereocenters. The fraction of sp³-hybridized carbons (Fsp3) is 0.118. The number of benzene rings is 2. The Hall–Kier alpha value is -3.86. The van der Waals surface area contributed by atoms with Crippen LogP contribution >= 0.6 is 11.6 Å². The van der Waals surface area contributed by atoms with Gasteiger partial charge in [0.2, 0.25) is 0 Å². The van der Waals surface area contributed by atoms with Crippen LogP contribution in [0, 0.1) is 20.2 Å². The quantitative estimate of drug-likeness (QED) is 0.215. The molecule has 0 fully saturated rings. The van der Waals surface area contributed by atoms with Crippen LogP contribution in [0.3, 0.4) is 0 Å². The van der Waals surface area contributed by atoms with Crippen LogP contribution in [-0.4, -0.2) is 34.2 Å². The molecule has 2 rings (SSSR count). The van der Waals surface area contributed by atoms with Crippen LogP contribution < -0.4 is 4.74 Å². The Morgan fingerprint density at radius 3 is 2.17 bits per heavy atom. The van der Waals surface area contributed by atoms with Crippen molar-refractivity contribution in [3.63, 3.8) is 0 Å². The van der Waals surface area contributed by atoms with Gasteiger partial charge in [0.25, 0.3) is 11.4 Å². The molecule has 0 saturated heterocycles. The molecule has 2 aromatic rings. The molecular weight excluding hydrogens is 412 g/mol. The van der Waals surface area contributed by atoms with Gasteiger partial charge < -0.3 is 9.47 Å². The van der Waals surface area contributed by atoms with Gasteiger partial charge in [-0.1, -0.05) is 11.6 Å². The number of halogens is 1. The second-order valence-electron chi connectivity index (χ2n) is 5.46. The minimum atomic E-state index is -1.24. The molecule has 0 bridgehead atoms. The molecule has 0 aliphatic carbocycles. The van der Waals surface area contributed by atoms with Gasteiger partial charge in [0.05, 0.1) is 21.5 Å². The zero-order valence-corrected chi connectivity index (χ0v) is 15.4. The summed E-state index contributed by atoms with van der Waals surface area (Å²) >= 11 is 5.78. The Kier molecular flexibility index (Phi) is 6.57. The van der Waals surface area contributed by atoms with Gasteiger partial charge in [-0.2, -0.15) is 0 Å². The Morgan fingerprint density at radius 1 is 1.03 bits per heavy atom. The van der Waals surface area contributed by atoms with Crippen LogP contribution in [0.25, 0.3) is 0 Å². The van der Waals surface area contributed by atoms with Crippen molar-refractivity contribution in [3.8, 4) is 5.75 Å². The maximum Gasteiger partial charge on any atom is 0.340 e. The summed E-state index contributed by atoms with van der Waals surface area (Å²) < 4.78 is 9.60. The molecule has 0 aromatic heterocycles. The highest BCUT2D eigenvalue weighted by molar-refractivity contribution is 6.35. The van der Waals surface area contributed by atoms with E-state index in [1.807, 2.05) is 0 Å². The number of ether oxygens (including phenoxy) is 2. The second kappa shape index (κ2) is 8.89. The molecule has 0 N–H and O–H groups in total. The minimum absolute atomic E-state index is 0.129. The van der Waals surface area contributed by atoms with Crippen LogP contribution in [0.2, 0.25) is 5.02 Å². The fourth-order valence-corrected chi connectivity index (χ4v) is 2.40. The smallest absolute Gasteiger partial charge is 0.340 e. The number of nitro groups is 2. The number of non-ortho nitro benzene ring substituents is 1. The molecule has 150 valence electrons. The standard InChI is InChI=1S/C17H11ClN2O9/c1-9(21)29-12-4-2-10(3-5-12)15(22)8-28-17(23)13-6-11(19(24)25)7-14(16(13)18)20(26)27/h2-7H,8H2,1H3. The van der Waals surface area contributed by atoms with Crippen molar-refractivity contribution >= 4 is 40.7 Å². The average Bonchev–Trinajstić information content (AvgIpc) is 2.65. The summed E-state index contributed by atoms with van der Waals surface area (Å²) in [5, 5.41) is 21.2. The number of ketones is 1. The molecule has 0 heterocycles. The van der Waals surface area contributed by atoms with Crippen LogP contribution in [0.15, 0.2) is 36.4 Å². The first-order valence-corrected chi connectivity index (χ1v) is 8.09. The van der Waals surface area contributed by atoms with E-state index in [2.05, 4.69) is 0 Å². The zero-order valence-electron chi connectivity index (χ0n) is 14.6. The van der Waals surface area contributed by atoms with E-state index < -0.39 is 56.1 Å². The summed E-state index contributed by atoms with van der Waals surface area (Å²) in [5.41, 5.74) is -2.07. The van der Waals surface area contributed by atoms with Crippen molar-refractivity contribution < 1.29 is 33.7 Å². The lowest BCUT2D eigenvalue weighted by atomic mass is 10.1. The summed E-state index contributed by atoms with van der Waals surface area (Å²) in [5.74, 6) is -2.21. The fourth-order valence-electron chi connectivity index (χ4n) is 2.15. The predicted molar refractivity (Wildman–Crippen MR) is 97.1 cm³/mol. The zero-order chi connectivity index (χ0) is 21.7. The third-order valence-corrected chi connectivity index (χ3v) is 3.84. The summed E-state index contributed by atoms with van der Waals surface area (Å²) in [6.45, 7) is 0.459. The van der Waals surface area contributed by atoms with Crippen molar-refractivity contribution in [2.45, 2.75) is 6.92 Å². The van der Waals surface area contributed by atoms with Crippen molar-refractivity contribution in [2.75, 3.05) is 6.61 Å². The van der Waals surface area contributed by atoms with Crippen molar-refractivity contribution in [2.24, 2.45) is 0 Å². The maximum atomic E-state index is 12.2. The third-order valence-electron chi connectivity index (χ3n) is 3.44. The van der Waals surface area contributed by atoms with Gasteiger partial charge in [-0.05, 0) is 24.3 Å². The van der Waals surface area contributed by atoms with Gasteiger partial charge in [0, 0.05) is 18.6 Å². The largest absolute Gasteiger partial charge is 0.454 e. The SMILES string of the molecule is CC(=O)Oc1ccc(C(=O)COC(=O)c2cc([N+](=O)[O-])cc([N+](=O)[O-])c2Cl)cc1. The third kappa shape index (κ3) is 5.32. The van der Waals surface area contributed by atoms with E-state index in [9.17, 15) is 34.6 Å². The molecule has 29 heavy (non-hydrogen) atoms. The normalized spacial score (nSPS) is 10.1. The second-order valence-corrected chi connectivity index (χ2v) is 5.84. The first-order valence-electron chi connectivity index (χ1n) is 7.71. The Morgan fingerprint density at radius 2 is 1.66 bits per heavy atom. The van der Waals surface area contributed by atoms with Gasteiger partial charge in [-0.25, -0.2) is 4.79 Å². The highest BCUT2D eigenvalue weighted by atomic mass is 35.5. The molecule has 0 saturated carbocycles. The lowest BCUT2D eigenvalue weighted by Crippen LogP contribution is -2.15. The van der Waals surface area contributed by atoms with Gasteiger partial charge in [-0.15, -0.1) is 0 Å². The number of hydrogen-bond acceptors (Lipinski definition) is 9. The van der Waals surface area contributed by atoms with Crippen molar-refractivity contribution in [3.05, 3.63) is 72.8 Å². The lowest BCUT2D eigenvalue weighted by Gasteiger charge is -2.07. The van der Waals surface area contributed by atoms with Gasteiger partial charge in [0.15, 0.2) is 12.4 Å². The van der Waals surface area contributed by atoms with Gasteiger partial charge >= 0.3 is 11.9 Å². The van der Waals surface area contributed by atoms with Crippen molar-refractivity contribution in [1.29, 1.82) is 0 Å². The Bertz CT molecular complexity index is 1020. The molecule has 0 aliphatic rings. The Labute approximate surface area is 167 Å². The van der Waals surface area contributed by atoms with E-state index in [1.54, 1.807) is 0 Å². The first kappa shape index (κ1) is 21.4. The molecule has 0 aliphatic heterocycles. The summed E-state index contributed by atoms with van der Waals surface area (Å²) in [7, 11) is 0. The highest BCUT2D eigenvalue weighted by Gasteiger charge is 2.27. The first-order chi connectivity index (χ1) is 13.6. The summed E-state index contributed by atoms with van der Waals surface area (Å²) in [6.07, 6.45) is 0. The highest BCUT2D eigenvalue weighted by Crippen LogP contribution is 2.33. The topological polar surface area (TPSA) is 156 Å². The number of nitro benzene ring substituents is 2. The predicted octanol–water partition coefficient (Wildman–Crippen LogP) is 3.12. The average molecular weight is 423 g/mol. The monoisotopic (exact) mass is 422 g/mol. The van der Waals surface area contributed by atoms with E-state index >= 15 is 0 Å². The summed E-state index contributed by atoms with van der Waals surface area (Å²) in [4.78, 5) is 55.1. The minimum Gasteiger partial charge on any atom is -0.454 e. The van der Waals surface area contributed by atoms with Crippen LogP contribution in [-0.2, 0) is 9.53 Å². The number of Topliss-reactive ketones (excluding diaryl/α,β-unsaturated/α-hetero) is 1. The van der Waals surface area contributed by atoms with Crippen molar-refractivity contribution in [1.82, 2.24) is 0 Å². The van der Waals surface area contributed by atoms with Crippen LogP contribution in [0.4, 0.5) is 11.4 Å². The molecule has 12 heteroatoms. The van der Waals surface area contributed by atoms with Crippen LogP contribution in [0.5, 0.6) is 5.75 Å². The van der Waals surface area contributed by atoms with E-state index in [0.29, 0.717) is 6.07 Å².